The fourth-order valence-electron chi connectivity index (χ4n) is 1.49. The SMILES string of the molecule is C[CH2][Tl]([CH2]C)[c]1ccccc1. The van der Waals surface area contributed by atoms with Crippen LogP contribution >= 0.6 is 0 Å². The van der Waals surface area contributed by atoms with Crippen molar-refractivity contribution in [3.05, 3.63) is 30.3 Å². The van der Waals surface area contributed by atoms with E-state index in [4.69, 9.17) is 0 Å². The van der Waals surface area contributed by atoms with Crippen LogP contribution in [0.2, 0.25) is 7.96 Å². The molecule has 1 aromatic carbocycles. The van der Waals surface area contributed by atoms with Crippen LogP contribution in [0.5, 0.6) is 0 Å². The molecule has 0 unspecified atom stereocenters. The summed E-state index contributed by atoms with van der Waals surface area (Å²) < 4.78 is 4.65. The number of hydrogen-bond acceptors (Lipinski definition) is 0. The summed E-state index contributed by atoms with van der Waals surface area (Å²) in [5, 5.41) is 0. The van der Waals surface area contributed by atoms with Gasteiger partial charge in [0, 0.05) is 0 Å². The molecule has 0 bridgehead atoms. The molecular weight excluding hydrogens is 324 g/mol. The predicted molar refractivity (Wildman–Crippen MR) is 52.8 cm³/mol. The van der Waals surface area contributed by atoms with E-state index in [-0.39, 0.29) is 0 Å². The van der Waals surface area contributed by atoms with Gasteiger partial charge in [0.2, 0.25) is 0 Å². The zero-order chi connectivity index (χ0) is 8.10. The van der Waals surface area contributed by atoms with Gasteiger partial charge in [0.05, 0.1) is 0 Å². The van der Waals surface area contributed by atoms with Gasteiger partial charge in [-0.3, -0.25) is 0 Å². The van der Waals surface area contributed by atoms with Gasteiger partial charge in [0.25, 0.3) is 0 Å². The first-order valence-electron chi connectivity index (χ1n) is 4.43. The number of benzene rings is 1. The molecule has 0 saturated heterocycles. The van der Waals surface area contributed by atoms with Gasteiger partial charge < -0.3 is 0 Å². The maximum absolute atomic E-state index is 2.35. The van der Waals surface area contributed by atoms with Gasteiger partial charge in [0.1, 0.15) is 0 Å². The van der Waals surface area contributed by atoms with E-state index in [1.807, 2.05) is 0 Å². The number of rotatable bonds is 3. The van der Waals surface area contributed by atoms with Crippen LogP contribution in [0.1, 0.15) is 13.8 Å². The van der Waals surface area contributed by atoms with E-state index in [1.165, 1.54) is 7.96 Å². The zero-order valence-electron chi connectivity index (χ0n) is 7.38. The molecule has 0 aromatic heterocycles. The van der Waals surface area contributed by atoms with Gasteiger partial charge in [-0.1, -0.05) is 0 Å². The summed E-state index contributed by atoms with van der Waals surface area (Å²) in [5.74, 6) is 0. The van der Waals surface area contributed by atoms with Crippen molar-refractivity contribution in [2.24, 2.45) is 0 Å². The molecule has 58 valence electrons. The Bertz CT molecular complexity index is 189. The molecule has 0 N–H and O–H groups in total. The molecule has 0 amide bonds. The van der Waals surface area contributed by atoms with Crippen LogP contribution in [0.15, 0.2) is 30.3 Å². The van der Waals surface area contributed by atoms with Crippen molar-refractivity contribution in [2.45, 2.75) is 21.8 Å². The van der Waals surface area contributed by atoms with Crippen molar-refractivity contribution in [1.82, 2.24) is 0 Å². The Morgan fingerprint density at radius 3 is 2.00 bits per heavy atom. The van der Waals surface area contributed by atoms with Gasteiger partial charge in [-0.25, -0.2) is 0 Å². The second-order valence-corrected chi connectivity index (χ2v) is 17.3. The average molecular weight is 340 g/mol. The Morgan fingerprint density at radius 1 is 1.00 bits per heavy atom. The van der Waals surface area contributed by atoms with Crippen LogP contribution in [-0.2, 0) is 0 Å². The third kappa shape index (κ3) is 2.58. The summed E-state index contributed by atoms with van der Waals surface area (Å²) in [7, 11) is 0. The summed E-state index contributed by atoms with van der Waals surface area (Å²) in [6, 6.07) is 11.1. The molecule has 1 aromatic rings. The minimum absolute atomic E-state index is 1.34. The van der Waals surface area contributed by atoms with Gasteiger partial charge in [-0.05, 0) is 0 Å². The van der Waals surface area contributed by atoms with Gasteiger partial charge in [-0.2, -0.15) is 0 Å². The van der Waals surface area contributed by atoms with E-state index in [0.717, 1.165) is 0 Å². The third-order valence-electron chi connectivity index (χ3n) is 2.26. The Morgan fingerprint density at radius 2 is 1.55 bits per heavy atom. The summed E-state index contributed by atoms with van der Waals surface area (Å²) in [5.41, 5.74) is 0. The molecule has 0 atom stereocenters. The van der Waals surface area contributed by atoms with Crippen LogP contribution in [0.4, 0.5) is 0 Å². The predicted octanol–water partition coefficient (Wildman–Crippen LogP) is 2.43. The summed E-state index contributed by atoms with van der Waals surface area (Å²) in [4.78, 5) is 0. The molecule has 0 fully saturated rings. The molecule has 0 aliphatic rings. The molecule has 0 spiro atoms. The minimum atomic E-state index is -1.34. The van der Waals surface area contributed by atoms with Crippen molar-refractivity contribution in [3.63, 3.8) is 0 Å². The number of hydrogen-bond donors (Lipinski definition) is 0. The fraction of sp³-hybridized carbons (Fsp3) is 0.400. The standard InChI is InChI=1S/C6H5.2C2H5.Tl/c1-2-4-6-5-3-1;2*1-2;/h1-5H;2*1H2,2H3;. The van der Waals surface area contributed by atoms with E-state index >= 15 is 0 Å². The van der Waals surface area contributed by atoms with Crippen molar-refractivity contribution in [1.29, 1.82) is 0 Å². The molecule has 0 aliphatic heterocycles. The van der Waals surface area contributed by atoms with Crippen LogP contribution in [0.3, 0.4) is 0 Å². The van der Waals surface area contributed by atoms with Crippen LogP contribution in [0, 0.1) is 0 Å². The summed E-state index contributed by atoms with van der Waals surface area (Å²) >= 11 is -1.34. The molecule has 1 rings (SSSR count). The monoisotopic (exact) mass is 340 g/mol. The van der Waals surface area contributed by atoms with Crippen LogP contribution in [-0.4, -0.2) is 22.7 Å². The van der Waals surface area contributed by atoms with Gasteiger partial charge in [-0.15, -0.1) is 0 Å². The summed E-state index contributed by atoms with van der Waals surface area (Å²) in [6.45, 7) is 4.70. The summed E-state index contributed by atoms with van der Waals surface area (Å²) in [6.07, 6.45) is 0. The van der Waals surface area contributed by atoms with Crippen molar-refractivity contribution >= 4 is 25.8 Å². The van der Waals surface area contributed by atoms with Crippen molar-refractivity contribution in [3.8, 4) is 0 Å². The Kier molecular flexibility index (Phi) is 4.12. The van der Waals surface area contributed by atoms with E-state index in [2.05, 4.69) is 44.2 Å². The second-order valence-electron chi connectivity index (χ2n) is 2.92. The maximum atomic E-state index is 2.35. The molecule has 11 heavy (non-hydrogen) atoms. The molecule has 0 saturated carbocycles. The molecule has 0 aliphatic carbocycles. The normalized spacial score (nSPS) is 9.64. The molecule has 0 heterocycles. The Labute approximate surface area is 77.8 Å². The van der Waals surface area contributed by atoms with E-state index in [0.29, 0.717) is 0 Å². The second kappa shape index (κ2) is 4.91. The first-order chi connectivity index (χ1) is 5.38. The quantitative estimate of drug-likeness (QED) is 0.742. The van der Waals surface area contributed by atoms with Crippen LogP contribution in [0.25, 0.3) is 0 Å². The van der Waals surface area contributed by atoms with Gasteiger partial charge in [0.15, 0.2) is 0 Å². The van der Waals surface area contributed by atoms with Gasteiger partial charge >= 0.3 is 78.0 Å². The fourth-order valence-corrected chi connectivity index (χ4v) is 10.4. The van der Waals surface area contributed by atoms with Crippen molar-refractivity contribution < 1.29 is 0 Å². The Balaban J connectivity index is 2.74. The first-order valence-corrected chi connectivity index (χ1v) is 13.0. The molecular formula is C10H15Tl. The topological polar surface area (TPSA) is 0 Å². The average Bonchev–Trinajstić information content (AvgIpc) is 2.09. The van der Waals surface area contributed by atoms with E-state index in [9.17, 15) is 0 Å². The molecule has 0 nitrogen and oxygen atoms in total. The third-order valence-corrected chi connectivity index (χ3v) is 15.1. The molecule has 1 heteroatoms. The molecule has 0 radical (unpaired) electrons. The Hall–Kier alpha value is 0.142. The first kappa shape index (κ1) is 9.23. The zero-order valence-corrected chi connectivity index (χ0v) is 11.9. The van der Waals surface area contributed by atoms with Crippen molar-refractivity contribution in [2.75, 3.05) is 0 Å². The van der Waals surface area contributed by atoms with E-state index < -0.39 is 22.7 Å². The van der Waals surface area contributed by atoms with E-state index in [1.54, 1.807) is 3.12 Å². The van der Waals surface area contributed by atoms with Crippen LogP contribution < -0.4 is 3.12 Å².